The predicted octanol–water partition coefficient (Wildman–Crippen LogP) is 3.08. The molecule has 2 rings (SSSR count). The summed E-state index contributed by atoms with van der Waals surface area (Å²) >= 11 is 0. The van der Waals surface area contributed by atoms with Gasteiger partial charge in [0.1, 0.15) is 5.82 Å². The molecule has 110 valence electrons. The quantitative estimate of drug-likeness (QED) is 0.650. The summed E-state index contributed by atoms with van der Waals surface area (Å²) < 4.78 is 2.36. The number of nitrogens with two attached hydrogens (primary N) is 1. The van der Waals surface area contributed by atoms with Crippen molar-refractivity contribution in [1.29, 1.82) is 0 Å². The number of rotatable bonds is 6. The number of hydrogen-bond donors (Lipinski definition) is 1. The van der Waals surface area contributed by atoms with Crippen LogP contribution in [0.2, 0.25) is 0 Å². The Balaban J connectivity index is 2.22. The van der Waals surface area contributed by atoms with E-state index in [9.17, 15) is 0 Å². The Kier molecular flexibility index (Phi) is 4.65. The first-order valence-corrected chi connectivity index (χ1v) is 7.39. The molecule has 1 aromatic carbocycles. The molecule has 0 unspecified atom stereocenters. The van der Waals surface area contributed by atoms with E-state index < -0.39 is 0 Å². The molecule has 0 saturated heterocycles. The van der Waals surface area contributed by atoms with E-state index in [1.54, 1.807) is 0 Å². The molecule has 20 heavy (non-hydrogen) atoms. The van der Waals surface area contributed by atoms with Crippen molar-refractivity contribution in [1.82, 2.24) is 14.5 Å². The molecular weight excluding hydrogens is 248 g/mol. The topological polar surface area (TPSA) is 47.1 Å². The fourth-order valence-corrected chi connectivity index (χ4v) is 2.54. The van der Waals surface area contributed by atoms with Gasteiger partial charge in [0.2, 0.25) is 0 Å². The highest BCUT2D eigenvalue weighted by Crippen LogP contribution is 2.24. The van der Waals surface area contributed by atoms with Crippen LogP contribution < -0.4 is 5.73 Å². The lowest BCUT2D eigenvalue weighted by Gasteiger charge is -2.13. The summed E-state index contributed by atoms with van der Waals surface area (Å²) in [6.07, 6.45) is 2.38. The molecule has 0 radical (unpaired) electrons. The highest BCUT2D eigenvalue weighted by Gasteiger charge is 2.13. The number of anilines is 1. The molecule has 0 atom stereocenters. The summed E-state index contributed by atoms with van der Waals surface area (Å²) in [5.74, 6) is 1.59. The Bertz CT molecular complexity index is 569. The van der Waals surface area contributed by atoms with Gasteiger partial charge >= 0.3 is 0 Å². The third-order valence-electron chi connectivity index (χ3n) is 3.56. The molecule has 2 N–H and O–H groups in total. The third kappa shape index (κ3) is 3.31. The first kappa shape index (κ1) is 14.9. The molecule has 0 fully saturated rings. The second-order valence-electron chi connectivity index (χ2n) is 6.03. The molecule has 4 heteroatoms. The molecule has 1 heterocycles. The van der Waals surface area contributed by atoms with Crippen molar-refractivity contribution >= 4 is 16.7 Å². The van der Waals surface area contributed by atoms with Gasteiger partial charge in [-0.15, -0.1) is 0 Å². The molecule has 0 spiro atoms. The van der Waals surface area contributed by atoms with Crippen molar-refractivity contribution in [3.8, 4) is 0 Å². The normalized spacial score (nSPS) is 11.9. The zero-order valence-electron chi connectivity index (χ0n) is 13.1. The summed E-state index contributed by atoms with van der Waals surface area (Å²) in [6.45, 7) is 6.56. The molecular formula is C16H26N4. The van der Waals surface area contributed by atoms with Crippen LogP contribution in [0.4, 0.5) is 5.69 Å². The Morgan fingerprint density at radius 3 is 2.65 bits per heavy atom. The smallest absolute Gasteiger partial charge is 0.112 e. The van der Waals surface area contributed by atoms with Gasteiger partial charge < -0.3 is 15.2 Å². The maximum Gasteiger partial charge on any atom is 0.112 e. The Morgan fingerprint density at radius 1 is 1.25 bits per heavy atom. The van der Waals surface area contributed by atoms with Crippen LogP contribution in [-0.2, 0) is 6.54 Å². The Hall–Kier alpha value is -1.55. The number of unbranched alkanes of at least 4 members (excludes halogenated alkanes) is 1. The van der Waals surface area contributed by atoms with Crippen molar-refractivity contribution in [3.05, 3.63) is 24.0 Å². The lowest BCUT2D eigenvalue weighted by Crippen LogP contribution is -2.14. The van der Waals surface area contributed by atoms with Crippen LogP contribution in [0.3, 0.4) is 0 Å². The largest absolute Gasteiger partial charge is 0.399 e. The van der Waals surface area contributed by atoms with Crippen molar-refractivity contribution in [2.24, 2.45) is 0 Å². The van der Waals surface area contributed by atoms with Crippen LogP contribution in [0.1, 0.15) is 38.4 Å². The highest BCUT2D eigenvalue weighted by atomic mass is 15.1. The molecule has 4 nitrogen and oxygen atoms in total. The first-order chi connectivity index (χ1) is 9.49. The summed E-state index contributed by atoms with van der Waals surface area (Å²) in [7, 11) is 4.24. The summed E-state index contributed by atoms with van der Waals surface area (Å²) in [5.41, 5.74) is 8.86. The minimum absolute atomic E-state index is 0.428. The van der Waals surface area contributed by atoms with E-state index in [1.165, 1.54) is 18.4 Å². The van der Waals surface area contributed by atoms with Gasteiger partial charge in [0, 0.05) is 18.2 Å². The van der Waals surface area contributed by atoms with Crippen molar-refractivity contribution in [2.75, 3.05) is 26.4 Å². The van der Waals surface area contributed by atoms with Crippen molar-refractivity contribution in [2.45, 2.75) is 39.2 Å². The van der Waals surface area contributed by atoms with Gasteiger partial charge in [-0.25, -0.2) is 4.98 Å². The number of fused-ring (bicyclic) bond motifs is 1. The molecule has 0 aliphatic rings. The molecule has 1 aromatic heterocycles. The Morgan fingerprint density at radius 2 is 2.00 bits per heavy atom. The number of nitrogen functional groups attached to an aromatic ring is 1. The standard InChI is InChI=1S/C16H26N4/c1-12(2)16-18-14-11-13(17)7-8-15(14)20(16)10-6-5-9-19(3)4/h7-8,11-12H,5-6,9-10,17H2,1-4H3. The lowest BCUT2D eigenvalue weighted by atomic mass is 10.2. The van der Waals surface area contributed by atoms with Gasteiger partial charge in [0.05, 0.1) is 11.0 Å². The number of aromatic nitrogens is 2. The number of nitrogens with zero attached hydrogens (tertiary/aromatic N) is 3. The average molecular weight is 274 g/mol. The van der Waals surface area contributed by atoms with Gasteiger partial charge in [-0.2, -0.15) is 0 Å². The molecule has 2 aromatic rings. The van der Waals surface area contributed by atoms with E-state index in [0.29, 0.717) is 5.92 Å². The van der Waals surface area contributed by atoms with E-state index in [2.05, 4.69) is 43.5 Å². The van der Waals surface area contributed by atoms with Crippen LogP contribution in [-0.4, -0.2) is 35.1 Å². The van der Waals surface area contributed by atoms with E-state index in [1.807, 2.05) is 12.1 Å². The second kappa shape index (κ2) is 6.27. The summed E-state index contributed by atoms with van der Waals surface area (Å²) in [4.78, 5) is 6.99. The second-order valence-corrected chi connectivity index (χ2v) is 6.03. The third-order valence-corrected chi connectivity index (χ3v) is 3.56. The zero-order valence-corrected chi connectivity index (χ0v) is 13.1. The maximum atomic E-state index is 5.86. The van der Waals surface area contributed by atoms with Gasteiger partial charge in [-0.3, -0.25) is 0 Å². The SMILES string of the molecule is CC(C)c1nc2cc(N)ccc2n1CCCCN(C)C. The van der Waals surface area contributed by atoms with Gasteiger partial charge in [0.25, 0.3) is 0 Å². The van der Waals surface area contributed by atoms with Crippen LogP contribution in [0.5, 0.6) is 0 Å². The van der Waals surface area contributed by atoms with E-state index >= 15 is 0 Å². The molecule has 0 bridgehead atoms. The fraction of sp³-hybridized carbons (Fsp3) is 0.562. The molecule has 0 saturated carbocycles. The average Bonchev–Trinajstić information content (AvgIpc) is 2.72. The van der Waals surface area contributed by atoms with Crippen LogP contribution in [0, 0.1) is 0 Å². The number of aryl methyl sites for hydroxylation is 1. The minimum Gasteiger partial charge on any atom is -0.399 e. The van der Waals surface area contributed by atoms with E-state index in [0.717, 1.165) is 30.1 Å². The Labute approximate surface area is 121 Å². The number of benzene rings is 1. The lowest BCUT2D eigenvalue weighted by molar-refractivity contribution is 0.387. The highest BCUT2D eigenvalue weighted by molar-refractivity contribution is 5.79. The summed E-state index contributed by atoms with van der Waals surface area (Å²) in [5, 5.41) is 0. The molecule has 0 amide bonds. The van der Waals surface area contributed by atoms with E-state index in [-0.39, 0.29) is 0 Å². The maximum absolute atomic E-state index is 5.86. The number of imidazole rings is 1. The van der Waals surface area contributed by atoms with Gasteiger partial charge in [-0.05, 0) is 51.7 Å². The fourth-order valence-electron chi connectivity index (χ4n) is 2.54. The van der Waals surface area contributed by atoms with Crippen molar-refractivity contribution < 1.29 is 0 Å². The molecule has 0 aliphatic carbocycles. The van der Waals surface area contributed by atoms with E-state index in [4.69, 9.17) is 10.7 Å². The van der Waals surface area contributed by atoms with Crippen LogP contribution in [0.25, 0.3) is 11.0 Å². The first-order valence-electron chi connectivity index (χ1n) is 7.39. The summed E-state index contributed by atoms with van der Waals surface area (Å²) in [6, 6.07) is 6.03. The number of hydrogen-bond acceptors (Lipinski definition) is 3. The van der Waals surface area contributed by atoms with Crippen LogP contribution >= 0.6 is 0 Å². The van der Waals surface area contributed by atoms with Crippen LogP contribution in [0.15, 0.2) is 18.2 Å². The molecule has 0 aliphatic heterocycles. The monoisotopic (exact) mass is 274 g/mol. The minimum atomic E-state index is 0.428. The zero-order chi connectivity index (χ0) is 14.7. The van der Waals surface area contributed by atoms with Crippen molar-refractivity contribution in [3.63, 3.8) is 0 Å². The predicted molar refractivity (Wildman–Crippen MR) is 86.0 cm³/mol. The van der Waals surface area contributed by atoms with Gasteiger partial charge in [-0.1, -0.05) is 13.8 Å². The van der Waals surface area contributed by atoms with Gasteiger partial charge in [0.15, 0.2) is 0 Å².